The van der Waals surface area contributed by atoms with Crippen LogP contribution in [0, 0.1) is 0 Å². The minimum absolute atomic E-state index is 0.153. The molecule has 1 amide bonds. The predicted molar refractivity (Wildman–Crippen MR) is 89.1 cm³/mol. The third-order valence-corrected chi connectivity index (χ3v) is 3.47. The van der Waals surface area contributed by atoms with Crippen molar-refractivity contribution >= 4 is 27.9 Å². The summed E-state index contributed by atoms with van der Waals surface area (Å²) in [5.74, 6) is -0.153. The molecule has 0 spiro atoms. The van der Waals surface area contributed by atoms with Crippen molar-refractivity contribution in [2.45, 2.75) is 32.8 Å². The lowest BCUT2D eigenvalue weighted by Crippen LogP contribution is -2.33. The highest BCUT2D eigenvalue weighted by Gasteiger charge is 2.18. The van der Waals surface area contributed by atoms with E-state index in [1.54, 1.807) is 0 Å². The van der Waals surface area contributed by atoms with Crippen LogP contribution in [0.15, 0.2) is 42.6 Å². The molecular formula is C18H20N2O2. The summed E-state index contributed by atoms with van der Waals surface area (Å²) in [6.07, 6.45) is 2.17. The summed E-state index contributed by atoms with van der Waals surface area (Å²) >= 11 is 0. The lowest BCUT2D eigenvalue weighted by atomic mass is 9.93. The summed E-state index contributed by atoms with van der Waals surface area (Å²) in [6, 6.07) is 12.3. The molecule has 4 heteroatoms. The van der Waals surface area contributed by atoms with E-state index in [0.29, 0.717) is 0 Å². The van der Waals surface area contributed by atoms with Gasteiger partial charge in [0.2, 0.25) is 5.91 Å². The van der Waals surface area contributed by atoms with Gasteiger partial charge in [-0.1, -0.05) is 30.3 Å². The van der Waals surface area contributed by atoms with Crippen LogP contribution in [0.25, 0.3) is 16.3 Å². The van der Waals surface area contributed by atoms with Gasteiger partial charge < -0.3 is 5.32 Å². The van der Waals surface area contributed by atoms with Crippen LogP contribution in [-0.2, 0) is 9.63 Å². The normalized spacial score (nSPS) is 13.5. The maximum Gasteiger partial charge on any atom is 0.248 e. The fourth-order valence-electron chi connectivity index (χ4n) is 2.54. The molecule has 2 aromatic rings. The van der Waals surface area contributed by atoms with Gasteiger partial charge in [0.15, 0.2) is 0 Å². The van der Waals surface area contributed by atoms with Gasteiger partial charge in [0, 0.05) is 17.3 Å². The summed E-state index contributed by atoms with van der Waals surface area (Å²) in [6.45, 7) is 5.68. The number of benzene rings is 2. The lowest BCUT2D eigenvalue weighted by molar-refractivity contribution is -0.144. The summed E-state index contributed by atoms with van der Waals surface area (Å²) in [4.78, 5) is 17.4. The SMILES string of the molecule is CC(C)(C)ONC(=O)CC1=CNc2cccc3cccc1c23. The molecule has 3 rings (SSSR count). The Morgan fingerprint density at radius 2 is 1.91 bits per heavy atom. The first-order chi connectivity index (χ1) is 10.4. The van der Waals surface area contributed by atoms with Crippen LogP contribution in [0.3, 0.4) is 0 Å². The number of hydrogen-bond donors (Lipinski definition) is 2. The Bertz CT molecular complexity index is 752. The zero-order valence-electron chi connectivity index (χ0n) is 13.1. The van der Waals surface area contributed by atoms with Gasteiger partial charge in [-0.3, -0.25) is 9.63 Å². The van der Waals surface area contributed by atoms with E-state index in [-0.39, 0.29) is 12.3 Å². The first-order valence-electron chi connectivity index (χ1n) is 7.38. The first kappa shape index (κ1) is 14.6. The third-order valence-electron chi connectivity index (χ3n) is 3.47. The molecule has 1 aliphatic heterocycles. The van der Waals surface area contributed by atoms with E-state index in [4.69, 9.17) is 4.84 Å². The van der Waals surface area contributed by atoms with Gasteiger partial charge >= 0.3 is 0 Å². The molecule has 0 radical (unpaired) electrons. The fourth-order valence-corrected chi connectivity index (χ4v) is 2.54. The van der Waals surface area contributed by atoms with Crippen molar-refractivity contribution < 1.29 is 9.63 Å². The van der Waals surface area contributed by atoms with Crippen LogP contribution in [0.4, 0.5) is 5.69 Å². The Balaban J connectivity index is 1.83. The summed E-state index contributed by atoms with van der Waals surface area (Å²) in [7, 11) is 0. The second-order valence-corrected chi connectivity index (χ2v) is 6.44. The number of hydroxylamine groups is 1. The highest BCUT2D eigenvalue weighted by Crippen LogP contribution is 2.36. The molecule has 2 aromatic carbocycles. The second-order valence-electron chi connectivity index (χ2n) is 6.44. The Labute approximate surface area is 130 Å². The topological polar surface area (TPSA) is 50.4 Å². The Hall–Kier alpha value is -2.33. The van der Waals surface area contributed by atoms with E-state index in [0.717, 1.165) is 22.2 Å². The van der Waals surface area contributed by atoms with Crippen molar-refractivity contribution in [3.8, 4) is 0 Å². The largest absolute Gasteiger partial charge is 0.361 e. The van der Waals surface area contributed by atoms with E-state index >= 15 is 0 Å². The standard InChI is InChI=1S/C18H20N2O2/c1-18(2,3)22-20-16(21)10-13-11-19-15-9-5-7-12-6-4-8-14(13)17(12)15/h4-9,11,19H,10H2,1-3H3,(H,20,21). The van der Waals surface area contributed by atoms with Gasteiger partial charge in [-0.2, -0.15) is 0 Å². The Morgan fingerprint density at radius 3 is 2.64 bits per heavy atom. The van der Waals surface area contributed by atoms with Crippen LogP contribution >= 0.6 is 0 Å². The van der Waals surface area contributed by atoms with E-state index in [9.17, 15) is 4.79 Å². The molecule has 0 aliphatic carbocycles. The Morgan fingerprint density at radius 1 is 1.18 bits per heavy atom. The van der Waals surface area contributed by atoms with E-state index in [2.05, 4.69) is 29.0 Å². The van der Waals surface area contributed by atoms with Crippen molar-refractivity contribution in [2.75, 3.05) is 5.32 Å². The first-order valence-corrected chi connectivity index (χ1v) is 7.38. The zero-order chi connectivity index (χ0) is 15.7. The number of hydrogen-bond acceptors (Lipinski definition) is 3. The highest BCUT2D eigenvalue weighted by atomic mass is 16.7. The molecule has 4 nitrogen and oxygen atoms in total. The van der Waals surface area contributed by atoms with Crippen molar-refractivity contribution in [3.05, 3.63) is 48.2 Å². The van der Waals surface area contributed by atoms with Gasteiger partial charge in [-0.25, -0.2) is 5.48 Å². The van der Waals surface area contributed by atoms with Gasteiger partial charge in [0.1, 0.15) is 0 Å². The third kappa shape index (κ3) is 2.97. The molecule has 0 atom stereocenters. The minimum atomic E-state index is -0.401. The maximum absolute atomic E-state index is 12.1. The average Bonchev–Trinajstić information content (AvgIpc) is 2.48. The van der Waals surface area contributed by atoms with Crippen LogP contribution < -0.4 is 10.8 Å². The van der Waals surface area contributed by atoms with Crippen LogP contribution in [0.5, 0.6) is 0 Å². The van der Waals surface area contributed by atoms with Gasteiger partial charge in [-0.15, -0.1) is 0 Å². The molecule has 0 saturated carbocycles. The number of anilines is 1. The molecule has 1 heterocycles. The van der Waals surface area contributed by atoms with Gasteiger partial charge in [-0.05, 0) is 43.4 Å². The van der Waals surface area contributed by atoms with E-state index in [1.165, 1.54) is 5.39 Å². The van der Waals surface area contributed by atoms with E-state index in [1.807, 2.05) is 45.2 Å². The molecule has 114 valence electrons. The number of amides is 1. The molecule has 2 N–H and O–H groups in total. The highest BCUT2D eigenvalue weighted by molar-refractivity contribution is 6.07. The number of carbonyl (C=O) groups excluding carboxylic acids is 1. The molecular weight excluding hydrogens is 276 g/mol. The maximum atomic E-state index is 12.1. The predicted octanol–water partition coefficient (Wildman–Crippen LogP) is 3.84. The van der Waals surface area contributed by atoms with Crippen molar-refractivity contribution in [1.29, 1.82) is 0 Å². The Kier molecular flexibility index (Phi) is 3.62. The summed E-state index contributed by atoms with van der Waals surface area (Å²) < 4.78 is 0. The number of carbonyl (C=O) groups is 1. The smallest absolute Gasteiger partial charge is 0.248 e. The van der Waals surface area contributed by atoms with Crippen molar-refractivity contribution in [1.82, 2.24) is 5.48 Å². The minimum Gasteiger partial charge on any atom is -0.361 e. The molecule has 22 heavy (non-hydrogen) atoms. The van der Waals surface area contributed by atoms with Crippen molar-refractivity contribution in [2.24, 2.45) is 0 Å². The molecule has 0 bridgehead atoms. The van der Waals surface area contributed by atoms with Gasteiger partial charge in [0.25, 0.3) is 0 Å². The molecule has 0 aromatic heterocycles. The molecule has 1 aliphatic rings. The summed E-state index contributed by atoms with van der Waals surface area (Å²) in [5.41, 5.74) is 5.24. The molecule has 0 saturated heterocycles. The fraction of sp³-hybridized carbons (Fsp3) is 0.278. The number of nitrogens with one attached hydrogen (secondary N) is 2. The second kappa shape index (κ2) is 5.46. The average molecular weight is 296 g/mol. The summed E-state index contributed by atoms with van der Waals surface area (Å²) in [5, 5.41) is 5.60. The molecule has 0 unspecified atom stereocenters. The van der Waals surface area contributed by atoms with Crippen LogP contribution in [0.1, 0.15) is 32.8 Å². The monoisotopic (exact) mass is 296 g/mol. The van der Waals surface area contributed by atoms with Crippen LogP contribution in [0.2, 0.25) is 0 Å². The molecule has 0 fully saturated rings. The van der Waals surface area contributed by atoms with Crippen molar-refractivity contribution in [3.63, 3.8) is 0 Å². The quantitative estimate of drug-likeness (QED) is 0.846. The van der Waals surface area contributed by atoms with Gasteiger partial charge in [0.05, 0.1) is 12.0 Å². The van der Waals surface area contributed by atoms with Crippen LogP contribution in [-0.4, -0.2) is 11.5 Å². The lowest BCUT2D eigenvalue weighted by Gasteiger charge is -2.21. The number of rotatable bonds is 3. The zero-order valence-corrected chi connectivity index (χ0v) is 13.1. The van der Waals surface area contributed by atoms with E-state index < -0.39 is 5.60 Å².